The van der Waals surface area contributed by atoms with E-state index in [1.807, 2.05) is 0 Å². The van der Waals surface area contributed by atoms with Gasteiger partial charge in [0.15, 0.2) is 12.5 Å². The predicted molar refractivity (Wildman–Crippen MR) is 56.8 cm³/mol. The van der Waals surface area contributed by atoms with Crippen molar-refractivity contribution in [2.75, 3.05) is 6.61 Å². The molecule has 2 unspecified atom stereocenters. The Morgan fingerprint density at radius 2 is 1.70 bits per heavy atom. The van der Waals surface area contributed by atoms with Gasteiger partial charge >= 0.3 is 15.4 Å². The minimum absolute atomic E-state index is 1.61. The fourth-order valence-electron chi connectivity index (χ4n) is 1.62. The van der Waals surface area contributed by atoms with Crippen LogP contribution in [0.4, 0.5) is 4.39 Å². The molecular formula is C6H13FO11P2. The van der Waals surface area contributed by atoms with Gasteiger partial charge in [0.05, 0.1) is 6.61 Å². The summed E-state index contributed by atoms with van der Waals surface area (Å²) < 4.78 is 43.4. The van der Waals surface area contributed by atoms with Crippen LogP contribution in [0.25, 0.3) is 0 Å². The summed E-state index contributed by atoms with van der Waals surface area (Å²) in [5.74, 6) is 0. The zero-order valence-electron chi connectivity index (χ0n) is 9.55. The van der Waals surface area contributed by atoms with Crippen molar-refractivity contribution >= 4 is 15.4 Å². The van der Waals surface area contributed by atoms with Crippen LogP contribution in [0.1, 0.15) is 0 Å². The fourth-order valence-corrected chi connectivity index (χ4v) is 4.23. The molecule has 11 nitrogen and oxygen atoms in total. The highest BCUT2D eigenvalue weighted by Crippen LogP contribution is 2.67. The molecule has 6 atom stereocenters. The molecule has 1 saturated heterocycles. The highest BCUT2D eigenvalue weighted by Gasteiger charge is 2.65. The third kappa shape index (κ3) is 3.11. The summed E-state index contributed by atoms with van der Waals surface area (Å²) in [6, 6.07) is 0. The Morgan fingerprint density at radius 3 is 2.10 bits per heavy atom. The molecule has 0 amide bonds. The summed E-state index contributed by atoms with van der Waals surface area (Å²) in [7, 11) is -11.2. The molecule has 1 aliphatic rings. The molecular weight excluding hydrogens is 329 g/mol. The largest absolute Gasteiger partial charge is 0.476 e. The van der Waals surface area contributed by atoms with Crippen LogP contribution >= 0.6 is 15.4 Å². The van der Waals surface area contributed by atoms with Gasteiger partial charge in [0.25, 0.3) is 0 Å². The SMILES string of the molecule is O=P(O)(O)OP(=O)(O)[C@]1(CO)OC(O)[C@H](F)[C@@H](O)[C@H]1O. The molecule has 0 spiro atoms. The lowest BCUT2D eigenvalue weighted by molar-refractivity contribution is -0.291. The second-order valence-electron chi connectivity index (χ2n) is 3.98. The van der Waals surface area contributed by atoms with E-state index in [9.17, 15) is 28.6 Å². The molecule has 0 saturated carbocycles. The first-order valence-corrected chi connectivity index (χ1v) is 8.05. The summed E-state index contributed by atoms with van der Waals surface area (Å²) in [6.45, 7) is -1.61. The van der Waals surface area contributed by atoms with Crippen LogP contribution in [0, 0.1) is 0 Å². The Hall–Kier alpha value is 0.0300. The van der Waals surface area contributed by atoms with Crippen molar-refractivity contribution in [1.29, 1.82) is 0 Å². The molecule has 14 heteroatoms. The molecule has 0 aliphatic carbocycles. The first kappa shape index (κ1) is 18.1. The van der Waals surface area contributed by atoms with E-state index in [0.29, 0.717) is 0 Å². The zero-order valence-corrected chi connectivity index (χ0v) is 11.3. The maximum absolute atomic E-state index is 13.2. The van der Waals surface area contributed by atoms with E-state index in [0.717, 1.165) is 0 Å². The highest BCUT2D eigenvalue weighted by molar-refractivity contribution is 7.64. The van der Waals surface area contributed by atoms with Gasteiger partial charge in [-0.15, -0.1) is 0 Å². The first-order valence-electron chi connectivity index (χ1n) is 4.95. The minimum atomic E-state index is -5.65. The molecule has 0 bridgehead atoms. The third-order valence-electron chi connectivity index (χ3n) is 2.63. The average molecular weight is 342 g/mol. The Labute approximate surface area is 111 Å². The molecule has 1 fully saturated rings. The summed E-state index contributed by atoms with van der Waals surface area (Å²) in [4.78, 5) is 26.5. The second kappa shape index (κ2) is 5.67. The van der Waals surface area contributed by atoms with E-state index in [1.165, 1.54) is 0 Å². The smallest absolute Gasteiger partial charge is 0.393 e. The lowest BCUT2D eigenvalue weighted by Gasteiger charge is -2.46. The van der Waals surface area contributed by atoms with E-state index in [4.69, 9.17) is 20.0 Å². The number of halogens is 1. The normalized spacial score (nSPS) is 42.2. The van der Waals surface area contributed by atoms with E-state index < -0.39 is 52.0 Å². The average Bonchev–Trinajstić information content (AvgIpc) is 2.28. The second-order valence-corrected chi connectivity index (χ2v) is 7.42. The van der Waals surface area contributed by atoms with Gasteiger partial charge in [0, 0.05) is 0 Å². The molecule has 1 heterocycles. The topological polar surface area (TPSA) is 194 Å². The quantitative estimate of drug-likeness (QED) is 0.264. The van der Waals surface area contributed by atoms with Crippen LogP contribution in [0.15, 0.2) is 0 Å². The van der Waals surface area contributed by atoms with Crippen LogP contribution in [0.5, 0.6) is 0 Å². The summed E-state index contributed by atoms with van der Waals surface area (Å²) in [5.41, 5.74) is 0. The molecule has 0 aromatic carbocycles. The standard InChI is InChI=1S/C6H13FO11P2/c7-2-3(9)4(10)6(1-8,17-5(2)11)19(12,13)18-20(14,15)16/h2-5,8-11H,1H2,(H,12,13)(H2,14,15,16)/t2-,3-,4-,5?,6+/m1/s1. The molecule has 0 radical (unpaired) electrons. The van der Waals surface area contributed by atoms with E-state index in [2.05, 4.69) is 9.05 Å². The molecule has 7 N–H and O–H groups in total. The summed E-state index contributed by atoms with van der Waals surface area (Å²) in [6.07, 6.45) is -10.2. The van der Waals surface area contributed by atoms with Crippen molar-refractivity contribution in [3.8, 4) is 0 Å². The number of alkyl halides is 1. The van der Waals surface area contributed by atoms with Crippen LogP contribution < -0.4 is 0 Å². The monoisotopic (exact) mass is 342 g/mol. The summed E-state index contributed by atoms with van der Waals surface area (Å²) >= 11 is 0. The van der Waals surface area contributed by atoms with Crippen LogP contribution in [0.3, 0.4) is 0 Å². The highest BCUT2D eigenvalue weighted by atomic mass is 31.3. The van der Waals surface area contributed by atoms with Crippen LogP contribution in [-0.2, 0) is 18.2 Å². The number of phosphoric acid groups is 1. The summed E-state index contributed by atoms with van der Waals surface area (Å²) in [5, 5.41) is 33.8. The van der Waals surface area contributed by atoms with Gasteiger partial charge < -0.3 is 39.8 Å². The van der Waals surface area contributed by atoms with Crippen molar-refractivity contribution in [2.24, 2.45) is 0 Å². The Kier molecular flexibility index (Phi) is 5.13. The maximum Gasteiger partial charge on any atom is 0.476 e. The van der Waals surface area contributed by atoms with Gasteiger partial charge in [-0.05, 0) is 0 Å². The van der Waals surface area contributed by atoms with E-state index in [-0.39, 0.29) is 0 Å². The van der Waals surface area contributed by atoms with Crippen LogP contribution in [-0.4, -0.2) is 71.7 Å². The molecule has 0 aromatic heterocycles. The first-order chi connectivity index (χ1) is 8.88. The number of rotatable bonds is 4. The molecule has 120 valence electrons. The van der Waals surface area contributed by atoms with Gasteiger partial charge in [-0.25, -0.2) is 13.3 Å². The Morgan fingerprint density at radius 1 is 1.20 bits per heavy atom. The van der Waals surface area contributed by atoms with Crippen molar-refractivity contribution in [1.82, 2.24) is 0 Å². The third-order valence-corrected chi connectivity index (χ3v) is 5.84. The molecule has 1 aliphatic heterocycles. The Bertz CT molecular complexity index is 452. The van der Waals surface area contributed by atoms with Crippen molar-refractivity contribution in [3.05, 3.63) is 0 Å². The van der Waals surface area contributed by atoms with Gasteiger partial charge in [-0.1, -0.05) is 0 Å². The lowest BCUT2D eigenvalue weighted by Crippen LogP contribution is -2.64. The Balaban J connectivity index is 3.26. The van der Waals surface area contributed by atoms with Gasteiger partial charge in [-0.3, -0.25) is 4.57 Å². The number of hydrogen-bond donors (Lipinski definition) is 7. The molecule has 20 heavy (non-hydrogen) atoms. The maximum atomic E-state index is 13.2. The lowest BCUT2D eigenvalue weighted by atomic mass is 10.00. The van der Waals surface area contributed by atoms with Crippen molar-refractivity contribution < 1.29 is 57.7 Å². The number of aliphatic hydroxyl groups is 4. The number of ether oxygens (including phenoxy) is 1. The minimum Gasteiger partial charge on any atom is -0.393 e. The van der Waals surface area contributed by atoms with Crippen molar-refractivity contribution in [2.45, 2.75) is 30.0 Å². The number of aliphatic hydroxyl groups excluding tert-OH is 4. The van der Waals surface area contributed by atoms with Gasteiger partial charge in [0.2, 0.25) is 5.34 Å². The van der Waals surface area contributed by atoms with Crippen molar-refractivity contribution in [3.63, 3.8) is 0 Å². The zero-order chi connectivity index (χ0) is 15.9. The number of hydrogen-bond acceptors (Lipinski definition) is 8. The molecule has 1 rings (SSSR count). The van der Waals surface area contributed by atoms with Gasteiger partial charge in [-0.2, -0.15) is 0 Å². The van der Waals surface area contributed by atoms with Crippen LogP contribution in [0.2, 0.25) is 0 Å². The predicted octanol–water partition coefficient (Wildman–Crippen LogP) is -2.62. The van der Waals surface area contributed by atoms with E-state index >= 15 is 0 Å². The fraction of sp³-hybridized carbons (Fsp3) is 1.00. The molecule has 0 aromatic rings. The van der Waals surface area contributed by atoms with E-state index in [1.54, 1.807) is 0 Å². The van der Waals surface area contributed by atoms with Gasteiger partial charge in [0.1, 0.15) is 12.2 Å².